The Morgan fingerprint density at radius 3 is 2.33 bits per heavy atom. The number of hydrogen-bond acceptors (Lipinski definition) is 2. The Morgan fingerprint density at radius 2 is 1.93 bits per heavy atom. The zero-order valence-electron chi connectivity index (χ0n) is 9.50. The van der Waals surface area contributed by atoms with Crippen molar-refractivity contribution in [2.45, 2.75) is 26.2 Å². The molecular weight excluding hydrogens is 192 g/mol. The molecule has 0 fully saturated rings. The third-order valence-electron chi connectivity index (χ3n) is 2.26. The normalized spacial score (nSPS) is 11.2. The molecular formula is C12H16O3. The summed E-state index contributed by atoms with van der Waals surface area (Å²) in [7, 11) is 1.55. The second-order valence-electron chi connectivity index (χ2n) is 4.47. The molecule has 1 rings (SSSR count). The van der Waals surface area contributed by atoms with Gasteiger partial charge in [-0.25, -0.2) is 4.79 Å². The van der Waals surface area contributed by atoms with Gasteiger partial charge in [-0.05, 0) is 23.1 Å². The third kappa shape index (κ3) is 2.49. The molecule has 0 unspecified atom stereocenters. The van der Waals surface area contributed by atoms with Gasteiger partial charge in [0.15, 0.2) is 0 Å². The first-order valence-electron chi connectivity index (χ1n) is 4.78. The minimum atomic E-state index is -0.936. The number of carboxylic acids is 1. The Hall–Kier alpha value is -1.51. The van der Waals surface area contributed by atoms with Crippen molar-refractivity contribution in [3.05, 3.63) is 29.3 Å². The summed E-state index contributed by atoms with van der Waals surface area (Å²) < 4.78 is 5.20. The molecule has 1 N–H and O–H groups in total. The molecule has 0 radical (unpaired) electrons. The highest BCUT2D eigenvalue weighted by Gasteiger charge is 2.19. The number of ether oxygens (including phenoxy) is 1. The van der Waals surface area contributed by atoms with Gasteiger partial charge in [-0.15, -0.1) is 0 Å². The maximum atomic E-state index is 10.8. The van der Waals surface area contributed by atoms with Crippen LogP contribution in [0.3, 0.4) is 0 Å². The van der Waals surface area contributed by atoms with Gasteiger partial charge in [-0.1, -0.05) is 26.8 Å². The summed E-state index contributed by atoms with van der Waals surface area (Å²) in [5.74, 6) is -0.309. The number of methoxy groups -OCH3 is 1. The molecule has 0 aromatic heterocycles. The number of rotatable bonds is 2. The van der Waals surface area contributed by atoms with E-state index in [1.807, 2.05) is 6.07 Å². The molecule has 0 aliphatic rings. The molecule has 3 nitrogen and oxygen atoms in total. The van der Waals surface area contributed by atoms with E-state index in [9.17, 15) is 4.79 Å². The monoisotopic (exact) mass is 208 g/mol. The maximum Gasteiger partial charge on any atom is 0.335 e. The molecule has 0 spiro atoms. The van der Waals surface area contributed by atoms with Crippen LogP contribution in [0.5, 0.6) is 5.75 Å². The van der Waals surface area contributed by atoms with Crippen LogP contribution >= 0.6 is 0 Å². The summed E-state index contributed by atoms with van der Waals surface area (Å²) in [5, 5.41) is 8.84. The standard InChI is InChI=1S/C12H16O3/c1-12(2,3)9-6-5-8(11(13)14)7-10(9)15-4/h5-7H,1-4H3,(H,13,14). The van der Waals surface area contributed by atoms with E-state index in [1.165, 1.54) is 0 Å². The van der Waals surface area contributed by atoms with Crippen molar-refractivity contribution in [3.63, 3.8) is 0 Å². The van der Waals surface area contributed by atoms with Crippen LogP contribution in [-0.4, -0.2) is 18.2 Å². The highest BCUT2D eigenvalue weighted by Crippen LogP contribution is 2.31. The molecule has 0 saturated heterocycles. The van der Waals surface area contributed by atoms with E-state index < -0.39 is 5.97 Å². The number of carbonyl (C=O) groups is 1. The fraction of sp³-hybridized carbons (Fsp3) is 0.417. The maximum absolute atomic E-state index is 10.8. The Labute approximate surface area is 89.7 Å². The van der Waals surface area contributed by atoms with Gasteiger partial charge in [-0.3, -0.25) is 0 Å². The molecule has 0 heterocycles. The van der Waals surface area contributed by atoms with Crippen LogP contribution in [0.2, 0.25) is 0 Å². The average molecular weight is 208 g/mol. The van der Waals surface area contributed by atoms with E-state index in [0.29, 0.717) is 5.75 Å². The Kier molecular flexibility index (Phi) is 3.03. The lowest BCUT2D eigenvalue weighted by Gasteiger charge is -2.22. The van der Waals surface area contributed by atoms with Crippen LogP contribution in [0.25, 0.3) is 0 Å². The highest BCUT2D eigenvalue weighted by molar-refractivity contribution is 5.88. The van der Waals surface area contributed by atoms with Crippen molar-refractivity contribution in [1.82, 2.24) is 0 Å². The lowest BCUT2D eigenvalue weighted by molar-refractivity contribution is 0.0696. The largest absolute Gasteiger partial charge is 0.496 e. The van der Waals surface area contributed by atoms with Gasteiger partial charge in [0.05, 0.1) is 12.7 Å². The fourth-order valence-electron chi connectivity index (χ4n) is 1.44. The SMILES string of the molecule is COc1cc(C(=O)O)ccc1C(C)(C)C. The van der Waals surface area contributed by atoms with Crippen molar-refractivity contribution >= 4 is 5.97 Å². The lowest BCUT2D eigenvalue weighted by atomic mass is 9.86. The molecule has 0 atom stereocenters. The topological polar surface area (TPSA) is 46.5 Å². The molecule has 0 saturated carbocycles. The first-order chi connectivity index (χ1) is 6.86. The zero-order chi connectivity index (χ0) is 11.6. The number of carboxylic acid groups (broad SMARTS) is 1. The lowest BCUT2D eigenvalue weighted by Crippen LogP contribution is -2.13. The Balaban J connectivity index is 3.27. The summed E-state index contributed by atoms with van der Waals surface area (Å²) in [6.45, 7) is 6.18. The number of aromatic carboxylic acids is 1. The van der Waals surface area contributed by atoms with Crippen LogP contribution in [0.15, 0.2) is 18.2 Å². The van der Waals surface area contributed by atoms with Gasteiger partial charge in [-0.2, -0.15) is 0 Å². The van der Waals surface area contributed by atoms with Crippen molar-refractivity contribution in [3.8, 4) is 5.75 Å². The molecule has 0 bridgehead atoms. The minimum absolute atomic E-state index is 0.0532. The second kappa shape index (κ2) is 3.93. The summed E-state index contributed by atoms with van der Waals surface area (Å²) >= 11 is 0. The summed E-state index contributed by atoms with van der Waals surface area (Å²) in [6, 6.07) is 4.97. The summed E-state index contributed by atoms with van der Waals surface area (Å²) in [5.41, 5.74) is 1.21. The number of benzene rings is 1. The second-order valence-corrected chi connectivity index (χ2v) is 4.47. The van der Waals surface area contributed by atoms with E-state index in [4.69, 9.17) is 9.84 Å². The molecule has 82 valence electrons. The molecule has 15 heavy (non-hydrogen) atoms. The smallest absolute Gasteiger partial charge is 0.335 e. The van der Waals surface area contributed by atoms with Crippen molar-refractivity contribution in [2.75, 3.05) is 7.11 Å². The van der Waals surface area contributed by atoms with Gasteiger partial charge in [0.2, 0.25) is 0 Å². The summed E-state index contributed by atoms with van der Waals surface area (Å²) in [4.78, 5) is 10.8. The van der Waals surface area contributed by atoms with Crippen LogP contribution in [0, 0.1) is 0 Å². The van der Waals surface area contributed by atoms with Crippen molar-refractivity contribution in [1.29, 1.82) is 0 Å². The van der Waals surface area contributed by atoms with E-state index in [2.05, 4.69) is 20.8 Å². The van der Waals surface area contributed by atoms with Crippen LogP contribution in [0.4, 0.5) is 0 Å². The summed E-state index contributed by atoms with van der Waals surface area (Å²) in [6.07, 6.45) is 0. The van der Waals surface area contributed by atoms with Crippen LogP contribution in [0.1, 0.15) is 36.7 Å². The predicted molar refractivity (Wildman–Crippen MR) is 58.7 cm³/mol. The zero-order valence-corrected chi connectivity index (χ0v) is 9.50. The van der Waals surface area contributed by atoms with Crippen molar-refractivity contribution in [2.24, 2.45) is 0 Å². The van der Waals surface area contributed by atoms with Gasteiger partial charge in [0, 0.05) is 0 Å². The molecule has 1 aromatic rings. The van der Waals surface area contributed by atoms with E-state index in [-0.39, 0.29) is 11.0 Å². The number of hydrogen-bond donors (Lipinski definition) is 1. The van der Waals surface area contributed by atoms with Gasteiger partial charge < -0.3 is 9.84 Å². The molecule has 0 amide bonds. The first-order valence-corrected chi connectivity index (χ1v) is 4.78. The minimum Gasteiger partial charge on any atom is -0.496 e. The highest BCUT2D eigenvalue weighted by atomic mass is 16.5. The van der Waals surface area contributed by atoms with Gasteiger partial charge >= 0.3 is 5.97 Å². The van der Waals surface area contributed by atoms with Gasteiger partial charge in [0.25, 0.3) is 0 Å². The quantitative estimate of drug-likeness (QED) is 0.812. The Bertz CT molecular complexity index is 375. The van der Waals surface area contributed by atoms with E-state index in [1.54, 1.807) is 19.2 Å². The van der Waals surface area contributed by atoms with E-state index >= 15 is 0 Å². The van der Waals surface area contributed by atoms with Crippen LogP contribution < -0.4 is 4.74 Å². The molecule has 3 heteroatoms. The molecule has 0 aliphatic heterocycles. The predicted octanol–water partition coefficient (Wildman–Crippen LogP) is 2.69. The molecule has 1 aromatic carbocycles. The van der Waals surface area contributed by atoms with Crippen molar-refractivity contribution < 1.29 is 14.6 Å². The van der Waals surface area contributed by atoms with E-state index in [0.717, 1.165) is 5.56 Å². The van der Waals surface area contributed by atoms with Gasteiger partial charge in [0.1, 0.15) is 5.75 Å². The molecule has 0 aliphatic carbocycles. The third-order valence-corrected chi connectivity index (χ3v) is 2.26. The van der Waals surface area contributed by atoms with Crippen LogP contribution in [-0.2, 0) is 5.41 Å². The fourth-order valence-corrected chi connectivity index (χ4v) is 1.44. The first kappa shape index (κ1) is 11.6. The average Bonchev–Trinajstić information content (AvgIpc) is 2.15. The Morgan fingerprint density at radius 1 is 1.33 bits per heavy atom.